The largest absolute Gasteiger partial charge is 0.467 e. The van der Waals surface area contributed by atoms with Gasteiger partial charge in [-0.1, -0.05) is 78.9 Å². The molecule has 0 aromatic heterocycles. The Labute approximate surface area is 147 Å². The Morgan fingerprint density at radius 1 is 0.760 bits per heavy atom. The maximum atomic E-state index is 12.9. The fourth-order valence-corrected chi connectivity index (χ4v) is 2.81. The summed E-state index contributed by atoms with van der Waals surface area (Å²) in [6, 6.07) is 28.7. The highest BCUT2D eigenvalue weighted by Gasteiger charge is 2.43. The lowest BCUT2D eigenvalue weighted by Gasteiger charge is -2.33. The average Bonchev–Trinajstić information content (AvgIpc) is 2.70. The van der Waals surface area contributed by atoms with Crippen LogP contribution in [0.5, 0.6) is 0 Å². The van der Waals surface area contributed by atoms with Crippen LogP contribution in [-0.4, -0.2) is 13.1 Å². The highest BCUT2D eigenvalue weighted by atomic mass is 16.5. The number of rotatable bonds is 6. The van der Waals surface area contributed by atoms with Crippen LogP contribution in [0.1, 0.15) is 11.1 Å². The molecule has 0 aliphatic heterocycles. The van der Waals surface area contributed by atoms with E-state index in [0.717, 1.165) is 16.8 Å². The summed E-state index contributed by atoms with van der Waals surface area (Å²) in [6.45, 7) is 0. The van der Waals surface area contributed by atoms with Crippen molar-refractivity contribution in [3.8, 4) is 0 Å². The molecule has 2 N–H and O–H groups in total. The van der Waals surface area contributed by atoms with E-state index in [2.05, 4.69) is 10.9 Å². The molecule has 3 aromatic rings. The monoisotopic (exact) mass is 332 g/mol. The minimum Gasteiger partial charge on any atom is -0.467 e. The number of hydrazine groups is 1. The van der Waals surface area contributed by atoms with E-state index in [4.69, 9.17) is 4.74 Å². The predicted octanol–water partition coefficient (Wildman–Crippen LogP) is 3.72. The summed E-state index contributed by atoms with van der Waals surface area (Å²) in [5.74, 6) is -0.395. The van der Waals surface area contributed by atoms with Crippen LogP contribution >= 0.6 is 0 Å². The maximum absolute atomic E-state index is 12.9. The molecule has 0 fully saturated rings. The van der Waals surface area contributed by atoms with Gasteiger partial charge in [-0.15, -0.1) is 0 Å². The van der Waals surface area contributed by atoms with E-state index in [1.165, 1.54) is 7.11 Å². The van der Waals surface area contributed by atoms with Crippen LogP contribution in [-0.2, 0) is 15.1 Å². The van der Waals surface area contributed by atoms with Crippen molar-refractivity contribution in [3.05, 3.63) is 102 Å². The van der Waals surface area contributed by atoms with Crippen LogP contribution in [0.3, 0.4) is 0 Å². The molecular formula is C21H20N2O2. The summed E-state index contributed by atoms with van der Waals surface area (Å²) in [6.07, 6.45) is 0. The summed E-state index contributed by atoms with van der Waals surface area (Å²) < 4.78 is 5.17. The second-order valence-electron chi connectivity index (χ2n) is 5.59. The molecule has 4 nitrogen and oxygen atoms in total. The second kappa shape index (κ2) is 7.64. The molecule has 0 radical (unpaired) electrons. The first-order valence-corrected chi connectivity index (χ1v) is 8.05. The number of hydrogen-bond acceptors (Lipinski definition) is 4. The lowest BCUT2D eigenvalue weighted by Crippen LogP contribution is -2.53. The van der Waals surface area contributed by atoms with Gasteiger partial charge in [0.15, 0.2) is 5.54 Å². The number of hydrogen-bond donors (Lipinski definition) is 2. The Bertz CT molecular complexity index is 766. The van der Waals surface area contributed by atoms with Crippen molar-refractivity contribution < 1.29 is 9.53 Å². The number of ether oxygens (including phenoxy) is 1. The Balaban J connectivity index is 2.10. The first kappa shape index (κ1) is 16.7. The molecule has 0 aliphatic carbocycles. The number of benzene rings is 3. The van der Waals surface area contributed by atoms with Gasteiger partial charge < -0.3 is 10.2 Å². The van der Waals surface area contributed by atoms with Crippen LogP contribution in [0.2, 0.25) is 0 Å². The summed E-state index contributed by atoms with van der Waals surface area (Å²) in [5.41, 5.74) is 7.61. The third-order valence-electron chi connectivity index (χ3n) is 4.07. The van der Waals surface area contributed by atoms with Crippen LogP contribution in [0.15, 0.2) is 91.0 Å². The number of anilines is 1. The minimum atomic E-state index is -1.17. The molecule has 0 spiro atoms. The molecule has 0 saturated carbocycles. The first-order chi connectivity index (χ1) is 12.3. The van der Waals surface area contributed by atoms with Crippen molar-refractivity contribution in [2.24, 2.45) is 0 Å². The summed E-state index contributed by atoms with van der Waals surface area (Å²) in [4.78, 5) is 12.9. The van der Waals surface area contributed by atoms with Crippen LogP contribution in [0.25, 0.3) is 0 Å². The standard InChI is InChI=1S/C21H20N2O2/c1-25-20(24)21(17-11-5-2-6-12-17,18-13-7-3-8-14-18)23-22-19-15-9-4-10-16-19/h2-16,22-23H,1H3. The third kappa shape index (κ3) is 3.39. The zero-order valence-corrected chi connectivity index (χ0v) is 14.0. The molecule has 0 aliphatic rings. The number of methoxy groups -OCH3 is 1. The predicted molar refractivity (Wildman–Crippen MR) is 98.9 cm³/mol. The summed E-state index contributed by atoms with van der Waals surface area (Å²) in [7, 11) is 1.40. The molecule has 3 rings (SSSR count). The van der Waals surface area contributed by atoms with Crippen molar-refractivity contribution in [2.45, 2.75) is 5.54 Å². The van der Waals surface area contributed by atoms with Crippen molar-refractivity contribution in [1.82, 2.24) is 5.43 Å². The van der Waals surface area contributed by atoms with Gasteiger partial charge in [0.2, 0.25) is 0 Å². The first-order valence-electron chi connectivity index (χ1n) is 8.05. The molecule has 0 amide bonds. The molecule has 3 aromatic carbocycles. The molecular weight excluding hydrogens is 312 g/mol. The highest BCUT2D eigenvalue weighted by Crippen LogP contribution is 2.31. The van der Waals surface area contributed by atoms with Gasteiger partial charge in [-0.05, 0) is 23.3 Å². The normalized spacial score (nSPS) is 10.9. The molecule has 0 heterocycles. The van der Waals surface area contributed by atoms with Gasteiger partial charge in [0.1, 0.15) is 0 Å². The van der Waals surface area contributed by atoms with Gasteiger partial charge in [0, 0.05) is 5.69 Å². The van der Waals surface area contributed by atoms with Gasteiger partial charge in [-0.2, -0.15) is 0 Å². The second-order valence-corrected chi connectivity index (χ2v) is 5.59. The van der Waals surface area contributed by atoms with Crippen LogP contribution < -0.4 is 10.9 Å². The third-order valence-corrected chi connectivity index (χ3v) is 4.07. The molecule has 25 heavy (non-hydrogen) atoms. The quantitative estimate of drug-likeness (QED) is 0.533. The van der Waals surface area contributed by atoms with Crippen molar-refractivity contribution in [1.29, 1.82) is 0 Å². The Morgan fingerprint density at radius 2 is 1.20 bits per heavy atom. The van der Waals surface area contributed by atoms with E-state index in [1.54, 1.807) is 0 Å². The fourth-order valence-electron chi connectivity index (χ4n) is 2.81. The fraction of sp³-hybridized carbons (Fsp3) is 0.0952. The molecule has 0 bridgehead atoms. The van der Waals surface area contributed by atoms with Gasteiger partial charge >= 0.3 is 5.97 Å². The van der Waals surface area contributed by atoms with Crippen LogP contribution in [0, 0.1) is 0 Å². The molecule has 0 unspecified atom stereocenters. The smallest absolute Gasteiger partial charge is 0.337 e. The summed E-state index contributed by atoms with van der Waals surface area (Å²) >= 11 is 0. The Kier molecular flexibility index (Phi) is 5.11. The lowest BCUT2D eigenvalue weighted by molar-refractivity contribution is -0.147. The van der Waals surface area contributed by atoms with Crippen LogP contribution in [0.4, 0.5) is 5.69 Å². The summed E-state index contributed by atoms with van der Waals surface area (Å²) in [5, 5.41) is 0. The maximum Gasteiger partial charge on any atom is 0.337 e. The molecule has 126 valence electrons. The Hall–Kier alpha value is -3.11. The topological polar surface area (TPSA) is 50.4 Å². The van der Waals surface area contributed by atoms with E-state index in [9.17, 15) is 4.79 Å². The zero-order chi connectivity index (χ0) is 17.5. The van der Waals surface area contributed by atoms with Gasteiger partial charge in [-0.3, -0.25) is 0 Å². The molecule has 0 atom stereocenters. The highest BCUT2D eigenvalue weighted by molar-refractivity contribution is 5.87. The number of carbonyl (C=O) groups excluding carboxylic acids is 1. The van der Waals surface area contributed by atoms with Crippen molar-refractivity contribution >= 4 is 11.7 Å². The number of para-hydroxylation sites is 1. The van der Waals surface area contributed by atoms with E-state index in [-0.39, 0.29) is 0 Å². The van der Waals surface area contributed by atoms with E-state index < -0.39 is 11.5 Å². The number of esters is 1. The van der Waals surface area contributed by atoms with Crippen molar-refractivity contribution in [2.75, 3.05) is 12.5 Å². The average molecular weight is 332 g/mol. The Morgan fingerprint density at radius 3 is 1.64 bits per heavy atom. The molecule has 0 saturated heterocycles. The lowest BCUT2D eigenvalue weighted by atomic mass is 9.83. The zero-order valence-electron chi connectivity index (χ0n) is 14.0. The van der Waals surface area contributed by atoms with Gasteiger partial charge in [0.25, 0.3) is 0 Å². The number of nitrogens with one attached hydrogen (secondary N) is 2. The van der Waals surface area contributed by atoms with E-state index in [1.807, 2.05) is 91.0 Å². The van der Waals surface area contributed by atoms with E-state index in [0.29, 0.717) is 0 Å². The van der Waals surface area contributed by atoms with Gasteiger partial charge in [0.05, 0.1) is 7.11 Å². The SMILES string of the molecule is COC(=O)C(NNc1ccccc1)(c1ccccc1)c1ccccc1. The van der Waals surface area contributed by atoms with E-state index >= 15 is 0 Å². The van der Waals surface area contributed by atoms with Gasteiger partial charge in [-0.25, -0.2) is 10.2 Å². The van der Waals surface area contributed by atoms with Crippen molar-refractivity contribution in [3.63, 3.8) is 0 Å². The number of carbonyl (C=O) groups is 1. The molecule has 4 heteroatoms. The minimum absolute atomic E-state index is 0.395.